The van der Waals surface area contributed by atoms with Crippen LogP contribution in [0, 0.1) is 0 Å². The first kappa shape index (κ1) is 27.3. The van der Waals surface area contributed by atoms with Crippen LogP contribution >= 0.6 is 0 Å². The van der Waals surface area contributed by atoms with Crippen molar-refractivity contribution in [2.24, 2.45) is 5.73 Å². The Balaban J connectivity index is 2.19. The van der Waals surface area contributed by atoms with Crippen LogP contribution in [0.5, 0.6) is 0 Å². The second kappa shape index (κ2) is 12.0. The molecule has 188 valence electrons. The summed E-state index contributed by atoms with van der Waals surface area (Å²) in [7, 11) is 1.17. The maximum absolute atomic E-state index is 13.2. The van der Waals surface area contributed by atoms with Crippen LogP contribution in [0.4, 0.5) is 0 Å². The average Bonchev–Trinajstić information content (AvgIpc) is 2.77. The third-order valence-electron chi connectivity index (χ3n) is 5.70. The van der Waals surface area contributed by atoms with E-state index < -0.39 is 53.4 Å². The van der Waals surface area contributed by atoms with Gasteiger partial charge in [0, 0.05) is 6.42 Å². The third-order valence-corrected chi connectivity index (χ3v) is 5.70. The lowest BCUT2D eigenvalue weighted by molar-refractivity contribution is -0.159. The van der Waals surface area contributed by atoms with E-state index in [-0.39, 0.29) is 6.42 Å². The summed E-state index contributed by atoms with van der Waals surface area (Å²) in [6.45, 7) is 5.11. The number of ether oxygens (including phenoxy) is 2. The normalized spacial score (nSPS) is 17.1. The number of esters is 2. The average molecular weight is 476 g/mol. The lowest BCUT2D eigenvalue weighted by Crippen LogP contribution is -2.60. The molecule has 2 amide bonds. The number of hydrogen-bond donors (Lipinski definition) is 3. The highest BCUT2D eigenvalue weighted by Gasteiger charge is 2.38. The molecule has 0 aliphatic heterocycles. The molecule has 0 heterocycles. The summed E-state index contributed by atoms with van der Waals surface area (Å²) in [6.07, 6.45) is 3.59. The first-order valence-corrected chi connectivity index (χ1v) is 11.7. The smallest absolute Gasteiger partial charge is 0.328 e. The van der Waals surface area contributed by atoms with Crippen molar-refractivity contribution in [3.8, 4) is 0 Å². The van der Waals surface area contributed by atoms with Gasteiger partial charge in [0.1, 0.15) is 17.7 Å². The fourth-order valence-corrected chi connectivity index (χ4v) is 3.93. The molecule has 0 radical (unpaired) electrons. The maximum Gasteiger partial charge on any atom is 0.328 e. The first-order chi connectivity index (χ1) is 15.9. The molecule has 0 saturated heterocycles. The summed E-state index contributed by atoms with van der Waals surface area (Å²) in [5, 5.41) is 5.34. The predicted molar refractivity (Wildman–Crippen MR) is 126 cm³/mol. The number of methoxy groups -OCH3 is 1. The standard InChI is InChI=1S/C25H37N3O6/c1-24(2,3)34-20(29)16-19(22(31)33-4)27-21(30)18(15-17-11-7-5-8-12-17)28-23(32)25(26)13-9-6-10-14-25/h5,7-8,11-12,18-19H,6,9-10,13-16,26H2,1-4H3,(H,27,30)(H,28,32)/t18-,19-/m0/s1. The molecule has 34 heavy (non-hydrogen) atoms. The number of amides is 2. The number of benzene rings is 1. The van der Waals surface area contributed by atoms with Crippen LogP contribution < -0.4 is 16.4 Å². The molecule has 0 unspecified atom stereocenters. The Labute approximate surface area is 201 Å². The minimum Gasteiger partial charge on any atom is -0.467 e. The summed E-state index contributed by atoms with van der Waals surface area (Å²) in [6, 6.07) is 6.93. The lowest BCUT2D eigenvalue weighted by atomic mass is 9.81. The van der Waals surface area contributed by atoms with Gasteiger partial charge in [-0.05, 0) is 39.2 Å². The topological polar surface area (TPSA) is 137 Å². The summed E-state index contributed by atoms with van der Waals surface area (Å²) in [5.41, 5.74) is 5.39. The highest BCUT2D eigenvalue weighted by Crippen LogP contribution is 2.26. The second-order valence-electron chi connectivity index (χ2n) is 9.81. The molecule has 9 nitrogen and oxygen atoms in total. The van der Waals surface area contributed by atoms with Gasteiger partial charge in [-0.2, -0.15) is 0 Å². The SMILES string of the molecule is COC(=O)[C@H](CC(=O)OC(C)(C)C)NC(=O)[C@H](Cc1ccccc1)NC(=O)C1(N)CCCCC1. The van der Waals surface area contributed by atoms with Gasteiger partial charge in [0.25, 0.3) is 0 Å². The molecule has 1 aliphatic carbocycles. The largest absolute Gasteiger partial charge is 0.467 e. The minimum absolute atomic E-state index is 0.189. The molecule has 1 aromatic carbocycles. The number of nitrogens with two attached hydrogens (primary N) is 1. The van der Waals surface area contributed by atoms with Crippen molar-refractivity contribution in [3.05, 3.63) is 35.9 Å². The van der Waals surface area contributed by atoms with E-state index >= 15 is 0 Å². The van der Waals surface area contributed by atoms with E-state index in [4.69, 9.17) is 15.2 Å². The number of carbonyl (C=O) groups is 4. The molecule has 4 N–H and O–H groups in total. The summed E-state index contributed by atoms with van der Waals surface area (Å²) in [4.78, 5) is 50.9. The molecule has 1 saturated carbocycles. The van der Waals surface area contributed by atoms with Crippen LogP contribution in [0.1, 0.15) is 64.9 Å². The van der Waals surface area contributed by atoms with Crippen molar-refractivity contribution in [1.29, 1.82) is 0 Å². The monoisotopic (exact) mass is 475 g/mol. The zero-order valence-corrected chi connectivity index (χ0v) is 20.5. The van der Waals surface area contributed by atoms with Gasteiger partial charge >= 0.3 is 11.9 Å². The van der Waals surface area contributed by atoms with Gasteiger partial charge in [0.05, 0.1) is 19.1 Å². The second-order valence-corrected chi connectivity index (χ2v) is 9.81. The molecule has 1 aliphatic rings. The van der Waals surface area contributed by atoms with E-state index in [2.05, 4.69) is 10.6 Å². The Hall–Kier alpha value is -2.94. The van der Waals surface area contributed by atoms with Gasteiger partial charge in [-0.25, -0.2) is 4.79 Å². The Bertz CT molecular complexity index is 859. The Morgan fingerprint density at radius 2 is 1.62 bits per heavy atom. The molecule has 0 bridgehead atoms. The van der Waals surface area contributed by atoms with Crippen molar-refractivity contribution >= 4 is 23.8 Å². The van der Waals surface area contributed by atoms with E-state index in [0.717, 1.165) is 24.8 Å². The number of hydrogen-bond acceptors (Lipinski definition) is 7. The van der Waals surface area contributed by atoms with Crippen molar-refractivity contribution in [1.82, 2.24) is 10.6 Å². The number of nitrogens with one attached hydrogen (secondary N) is 2. The van der Waals surface area contributed by atoms with E-state index in [0.29, 0.717) is 12.8 Å². The number of rotatable bonds is 9. The third kappa shape index (κ3) is 8.44. The quantitative estimate of drug-likeness (QED) is 0.463. The van der Waals surface area contributed by atoms with E-state index in [1.165, 1.54) is 7.11 Å². The summed E-state index contributed by atoms with van der Waals surface area (Å²) in [5.74, 6) is -2.46. The molecule has 9 heteroatoms. The first-order valence-electron chi connectivity index (χ1n) is 11.7. The molecule has 1 fully saturated rings. The van der Waals surface area contributed by atoms with E-state index in [9.17, 15) is 19.2 Å². The molecule has 0 spiro atoms. The van der Waals surface area contributed by atoms with Crippen LogP contribution in [-0.2, 0) is 35.1 Å². The van der Waals surface area contributed by atoms with Crippen molar-refractivity contribution in [3.63, 3.8) is 0 Å². The van der Waals surface area contributed by atoms with Crippen LogP contribution in [-0.4, -0.2) is 54.1 Å². The minimum atomic E-state index is -1.26. The zero-order chi connectivity index (χ0) is 25.4. The molecule has 1 aromatic rings. The predicted octanol–water partition coefficient (Wildman–Crippen LogP) is 1.77. The van der Waals surface area contributed by atoms with Gasteiger partial charge in [-0.3, -0.25) is 14.4 Å². The van der Waals surface area contributed by atoms with Crippen LogP contribution in [0.25, 0.3) is 0 Å². The highest BCUT2D eigenvalue weighted by molar-refractivity contribution is 5.94. The van der Waals surface area contributed by atoms with Crippen LogP contribution in [0.3, 0.4) is 0 Å². The van der Waals surface area contributed by atoms with Gasteiger partial charge < -0.3 is 25.8 Å². The van der Waals surface area contributed by atoms with Crippen molar-refractivity contribution in [2.75, 3.05) is 7.11 Å². The van der Waals surface area contributed by atoms with Gasteiger partial charge in [0.15, 0.2) is 0 Å². The molecular formula is C25H37N3O6. The van der Waals surface area contributed by atoms with E-state index in [1.807, 2.05) is 30.3 Å². The fourth-order valence-electron chi connectivity index (χ4n) is 3.93. The maximum atomic E-state index is 13.2. The van der Waals surface area contributed by atoms with Gasteiger partial charge in [-0.15, -0.1) is 0 Å². The van der Waals surface area contributed by atoms with Crippen LogP contribution in [0.15, 0.2) is 30.3 Å². The Kier molecular flexibility index (Phi) is 9.61. The highest BCUT2D eigenvalue weighted by atomic mass is 16.6. The Morgan fingerprint density at radius 3 is 2.18 bits per heavy atom. The molecule has 2 atom stereocenters. The Morgan fingerprint density at radius 1 is 1.00 bits per heavy atom. The zero-order valence-electron chi connectivity index (χ0n) is 20.5. The summed E-state index contributed by atoms with van der Waals surface area (Å²) < 4.78 is 10.0. The number of carbonyl (C=O) groups excluding carboxylic acids is 4. The van der Waals surface area contributed by atoms with Gasteiger partial charge in [0.2, 0.25) is 11.8 Å². The molecule has 2 rings (SSSR count). The van der Waals surface area contributed by atoms with Crippen molar-refractivity contribution < 1.29 is 28.7 Å². The lowest BCUT2D eigenvalue weighted by Gasteiger charge is -2.33. The fraction of sp³-hybridized carbons (Fsp3) is 0.600. The van der Waals surface area contributed by atoms with Crippen molar-refractivity contribution in [2.45, 2.75) is 88.9 Å². The molecule has 0 aromatic heterocycles. The summed E-state index contributed by atoms with van der Waals surface area (Å²) >= 11 is 0. The van der Waals surface area contributed by atoms with Crippen LogP contribution in [0.2, 0.25) is 0 Å². The van der Waals surface area contributed by atoms with Gasteiger partial charge in [-0.1, -0.05) is 49.6 Å². The molecular weight excluding hydrogens is 438 g/mol. The van der Waals surface area contributed by atoms with E-state index in [1.54, 1.807) is 20.8 Å².